The molecule has 0 spiro atoms. The molecule has 2 aliphatic rings. The van der Waals surface area contributed by atoms with Gasteiger partial charge in [-0.25, -0.2) is 0 Å². The van der Waals surface area contributed by atoms with E-state index in [0.717, 1.165) is 30.8 Å². The Kier molecular flexibility index (Phi) is 34.8. The number of nitrogens with one attached hydrogen (secondary N) is 4. The highest BCUT2D eigenvalue weighted by molar-refractivity contribution is 8.00. The molecule has 1 heterocycles. The number of amides is 11. The van der Waals surface area contributed by atoms with Crippen LogP contribution in [0.3, 0.4) is 0 Å². The Morgan fingerprint density at radius 1 is 0.546 bits per heavy atom. The first kappa shape index (κ1) is 87.2. The van der Waals surface area contributed by atoms with E-state index < -0.39 is 160 Å². The van der Waals surface area contributed by atoms with Crippen LogP contribution in [0.4, 0.5) is 0 Å². The summed E-state index contributed by atoms with van der Waals surface area (Å²) >= 11 is 1.39. The summed E-state index contributed by atoms with van der Waals surface area (Å²) in [6, 6.07) is -12.8. The second-order valence-corrected chi connectivity index (χ2v) is 31.3. The third-order valence-electron chi connectivity index (χ3n) is 19.3. The Bertz CT molecular complexity index is 2700. The molecule has 0 bridgehead atoms. The molecular formula is C71H128N12O13S. The zero-order valence-electron chi connectivity index (χ0n) is 63.9. The second-order valence-electron chi connectivity index (χ2n) is 30.1. The van der Waals surface area contributed by atoms with Crippen LogP contribution in [-0.4, -0.2) is 266 Å². The van der Waals surface area contributed by atoms with Crippen molar-refractivity contribution in [2.75, 3.05) is 68.2 Å². The van der Waals surface area contributed by atoms with E-state index in [1.807, 2.05) is 54.5 Å². The lowest BCUT2D eigenvalue weighted by Crippen LogP contribution is -2.63. The quantitative estimate of drug-likeness (QED) is 0.0849. The molecule has 0 aromatic carbocycles. The van der Waals surface area contributed by atoms with Gasteiger partial charge in [-0.3, -0.25) is 57.6 Å². The Labute approximate surface area is 585 Å². The highest BCUT2D eigenvalue weighted by atomic mass is 32.2. The maximum atomic E-state index is 15.4. The molecule has 13 atom stereocenters. The van der Waals surface area contributed by atoms with Crippen molar-refractivity contribution in [2.45, 2.75) is 272 Å². The summed E-state index contributed by atoms with van der Waals surface area (Å²) in [4.78, 5) is 175. The lowest BCUT2D eigenvalue weighted by Gasteiger charge is -2.41. The van der Waals surface area contributed by atoms with Crippen LogP contribution in [0.25, 0.3) is 0 Å². The predicted octanol–water partition coefficient (Wildman–Crippen LogP) is 4.71. The van der Waals surface area contributed by atoms with Gasteiger partial charge in [0.25, 0.3) is 0 Å². The Balaban J connectivity index is 3.12. The van der Waals surface area contributed by atoms with Gasteiger partial charge in [0.05, 0.1) is 23.5 Å². The van der Waals surface area contributed by atoms with E-state index in [1.165, 1.54) is 118 Å². The number of allylic oxidation sites excluding steroid dienone is 2. The van der Waals surface area contributed by atoms with Gasteiger partial charge in [0.2, 0.25) is 65.0 Å². The molecule has 1 saturated carbocycles. The molecular weight excluding hydrogens is 1260 g/mol. The topological polar surface area (TPSA) is 302 Å². The summed E-state index contributed by atoms with van der Waals surface area (Å²) in [5.74, 6) is -9.28. The number of nitrogens with zero attached hydrogens (tertiary/aromatic N) is 8. The number of rotatable bonds is 21. The van der Waals surface area contributed by atoms with Crippen molar-refractivity contribution >= 4 is 76.7 Å². The third kappa shape index (κ3) is 24.2. The van der Waals surface area contributed by atoms with Crippen molar-refractivity contribution in [3.05, 3.63) is 12.2 Å². The number of hydrogen-bond acceptors (Lipinski definition) is 15. The molecule has 1 unspecified atom stereocenters. The highest BCUT2D eigenvalue weighted by Gasteiger charge is 2.49. The molecule has 1 aliphatic carbocycles. The molecule has 556 valence electrons. The largest absolute Gasteiger partial charge is 0.390 e. The van der Waals surface area contributed by atoms with Crippen molar-refractivity contribution in [2.24, 2.45) is 35.5 Å². The van der Waals surface area contributed by atoms with Gasteiger partial charge in [-0.15, -0.1) is 11.8 Å². The number of carbonyl (C=O) groups is 11. The van der Waals surface area contributed by atoms with Crippen LogP contribution < -0.4 is 21.3 Å². The average molecular weight is 1390 g/mol. The molecule has 1 aliphatic heterocycles. The fraction of sp³-hybridized carbons (Fsp3) is 0.817. The smallest absolute Gasteiger partial charge is 0.246 e. The maximum absolute atomic E-state index is 15.4. The molecule has 11 amide bonds. The minimum atomic E-state index is -1.63. The summed E-state index contributed by atoms with van der Waals surface area (Å²) in [6.07, 6.45) is 3.98. The Morgan fingerprint density at radius 3 is 1.46 bits per heavy atom. The molecule has 1 saturated heterocycles. The molecule has 25 nitrogen and oxygen atoms in total. The standard InChI is InChI=1S/C71H128N12O13S/c1-27-31-32-46(15)59(85)58-63(89)74-49(28-2)65(91)80(24)55(97-40-71(33-34-71)83(29-3)30-4)38-54(84)76(20)53(39-70(18,19)96)62(88)75-56(44(11)12)68(94)77(21)50(35-41(5)6)61(87)72-47(16)60(86)73-48(17)64(90)78(22)51(36-42(7)8)66(92)79(23)52(37-43(9)10)67(93)81(25)57(45(13)14)69(95)82(58)26/h27,31,41-53,55-59,85,96H,28-30,32-40H2,1-26H3,(H,72,87)(H,73,86)(H,74,89)(H,75,88)/b31-27+/t46-,47-,48-,49+,50+,51-,52+,53+,55-,56-,57+,58?,59-/m1/s1. The van der Waals surface area contributed by atoms with Gasteiger partial charge in [0.1, 0.15) is 60.4 Å². The monoisotopic (exact) mass is 1390 g/mol. The van der Waals surface area contributed by atoms with Gasteiger partial charge >= 0.3 is 0 Å². The highest BCUT2D eigenvalue weighted by Crippen LogP contribution is 2.45. The van der Waals surface area contributed by atoms with E-state index in [4.69, 9.17) is 0 Å². The van der Waals surface area contributed by atoms with Crippen molar-refractivity contribution in [1.29, 1.82) is 0 Å². The van der Waals surface area contributed by atoms with Gasteiger partial charge in [0, 0.05) is 67.0 Å². The minimum absolute atomic E-state index is 0.0335. The SMILES string of the molecule is C/C=C/C[C@@H](C)[C@@H](O)C1C(=O)N[C@@H](CC)C(=O)N(C)[C@H](SCC2(N(CC)CC)CC2)CC(=O)N(C)[C@@H](CC(C)(C)O)C(=O)N[C@H](C(C)C)C(=O)N(C)[C@@H](CC(C)C)C(=O)N[C@H](C)C(=O)N[C@H](C)C(=O)N(C)[C@H](CC(C)C)C(=O)N(C)[C@@H](CC(C)C)C(=O)N(C)[C@@H](C(C)C)C(=O)N1C. The molecule has 97 heavy (non-hydrogen) atoms. The second kappa shape index (κ2) is 38.6. The van der Waals surface area contributed by atoms with Crippen LogP contribution >= 0.6 is 11.8 Å². The third-order valence-corrected chi connectivity index (χ3v) is 20.8. The van der Waals surface area contributed by atoms with Crippen molar-refractivity contribution < 1.29 is 63.0 Å². The van der Waals surface area contributed by atoms with Crippen LogP contribution in [0.5, 0.6) is 0 Å². The van der Waals surface area contributed by atoms with Crippen LogP contribution in [0.1, 0.15) is 189 Å². The first-order valence-corrected chi connectivity index (χ1v) is 36.3. The van der Waals surface area contributed by atoms with Crippen LogP contribution in [0, 0.1) is 35.5 Å². The summed E-state index contributed by atoms with van der Waals surface area (Å²) < 4.78 is 0. The van der Waals surface area contributed by atoms with Gasteiger partial charge in [0.15, 0.2) is 0 Å². The molecule has 0 aromatic heterocycles. The number of hydrogen-bond donors (Lipinski definition) is 6. The van der Waals surface area contributed by atoms with Crippen molar-refractivity contribution in [3.63, 3.8) is 0 Å². The van der Waals surface area contributed by atoms with Gasteiger partial charge in [-0.05, 0) is 128 Å². The molecule has 6 N–H and O–H groups in total. The lowest BCUT2D eigenvalue weighted by atomic mass is 9.91. The molecule has 2 fully saturated rings. The summed E-state index contributed by atoms with van der Waals surface area (Å²) in [7, 11) is 10.1. The zero-order valence-corrected chi connectivity index (χ0v) is 64.7. The zero-order chi connectivity index (χ0) is 74.8. The number of aliphatic hydroxyl groups excluding tert-OH is 1. The van der Waals surface area contributed by atoms with Crippen molar-refractivity contribution in [1.82, 2.24) is 60.5 Å². The van der Waals surface area contributed by atoms with Crippen LogP contribution in [-0.2, 0) is 52.7 Å². The molecule has 2 rings (SSSR count). The summed E-state index contributed by atoms with van der Waals surface area (Å²) in [5, 5.41) is 34.0. The number of thioether (sulfide) groups is 1. The number of carbonyl (C=O) groups excluding carboxylic acids is 11. The number of aliphatic hydroxyl groups is 2. The average Bonchev–Trinajstić information content (AvgIpc) is 1.72. The van der Waals surface area contributed by atoms with E-state index >= 15 is 28.8 Å². The van der Waals surface area contributed by atoms with E-state index in [1.54, 1.807) is 47.6 Å². The van der Waals surface area contributed by atoms with E-state index in [9.17, 15) is 34.2 Å². The summed E-state index contributed by atoms with van der Waals surface area (Å²) in [5.41, 5.74) is -1.76. The lowest BCUT2D eigenvalue weighted by molar-refractivity contribution is -0.157. The van der Waals surface area contributed by atoms with E-state index in [2.05, 4.69) is 40.0 Å². The molecule has 26 heteroatoms. The fourth-order valence-corrected chi connectivity index (χ4v) is 14.4. The first-order valence-electron chi connectivity index (χ1n) is 35.3. The number of likely N-dealkylation sites (N-methyl/N-ethyl adjacent to an activating group) is 7. The molecule has 0 radical (unpaired) electrons. The maximum Gasteiger partial charge on any atom is 0.246 e. The van der Waals surface area contributed by atoms with E-state index in [0.29, 0.717) is 12.2 Å². The van der Waals surface area contributed by atoms with Gasteiger partial charge in [-0.1, -0.05) is 109 Å². The molecule has 0 aromatic rings. The summed E-state index contributed by atoms with van der Waals surface area (Å²) in [6.45, 7) is 34.8. The van der Waals surface area contributed by atoms with Gasteiger partial charge in [-0.2, -0.15) is 0 Å². The first-order chi connectivity index (χ1) is 44.8. The van der Waals surface area contributed by atoms with Gasteiger partial charge < -0.3 is 65.8 Å². The fourth-order valence-electron chi connectivity index (χ4n) is 12.8. The van der Waals surface area contributed by atoms with Crippen LogP contribution in [0.2, 0.25) is 0 Å². The Hall–Kier alpha value is -5.86. The van der Waals surface area contributed by atoms with Crippen molar-refractivity contribution in [3.8, 4) is 0 Å². The Morgan fingerprint density at radius 2 is 1.01 bits per heavy atom. The van der Waals surface area contributed by atoms with E-state index in [-0.39, 0.29) is 61.8 Å². The minimum Gasteiger partial charge on any atom is -0.390 e. The predicted molar refractivity (Wildman–Crippen MR) is 381 cm³/mol. The van der Waals surface area contributed by atoms with Crippen LogP contribution in [0.15, 0.2) is 12.2 Å². The normalized spacial score (nSPS) is 27.3.